The molecule has 1 aromatic carbocycles. The monoisotopic (exact) mass is 444 g/mol. The van der Waals surface area contributed by atoms with Crippen molar-refractivity contribution in [2.24, 2.45) is 0 Å². The molecule has 6 nitrogen and oxygen atoms in total. The molecule has 4 rings (SSSR count). The van der Waals surface area contributed by atoms with Crippen LogP contribution in [-0.2, 0) is 15.9 Å². The third-order valence-corrected chi connectivity index (χ3v) is 5.89. The van der Waals surface area contributed by atoms with E-state index in [4.69, 9.17) is 9.47 Å². The number of hydrogen-bond acceptors (Lipinski definition) is 5. The highest BCUT2D eigenvalue weighted by molar-refractivity contribution is 5.85. The van der Waals surface area contributed by atoms with Gasteiger partial charge in [0.2, 0.25) is 0 Å². The smallest absolute Gasteiger partial charge is 0.0644 e. The zero-order valence-corrected chi connectivity index (χ0v) is 18.8. The van der Waals surface area contributed by atoms with Crippen molar-refractivity contribution < 1.29 is 9.47 Å². The molecule has 1 aromatic heterocycles. The summed E-state index contributed by atoms with van der Waals surface area (Å²) in [7, 11) is 1.78. The number of H-pyrrole nitrogens is 1. The Bertz CT molecular complexity index is 728. The van der Waals surface area contributed by atoms with Gasteiger partial charge < -0.3 is 19.8 Å². The highest BCUT2D eigenvalue weighted by Gasteiger charge is 2.25. The molecule has 164 valence electrons. The molecule has 0 saturated carbocycles. The molecule has 2 atom stereocenters. The summed E-state index contributed by atoms with van der Waals surface area (Å²) in [4.78, 5) is 8.54. The fraction of sp³-hybridized carbons (Fsp3) is 0.619. The van der Waals surface area contributed by atoms with Crippen molar-refractivity contribution in [3.05, 3.63) is 36.0 Å². The van der Waals surface area contributed by atoms with Crippen molar-refractivity contribution in [1.82, 2.24) is 20.1 Å². The number of fused-ring (bicyclic) bond motifs is 1. The Morgan fingerprint density at radius 1 is 1.17 bits per heavy atom. The van der Waals surface area contributed by atoms with Crippen LogP contribution in [0, 0.1) is 0 Å². The fourth-order valence-electron chi connectivity index (χ4n) is 4.40. The van der Waals surface area contributed by atoms with Crippen molar-refractivity contribution in [3.63, 3.8) is 0 Å². The van der Waals surface area contributed by atoms with Crippen molar-refractivity contribution in [1.29, 1.82) is 0 Å². The zero-order valence-electron chi connectivity index (χ0n) is 17.1. The summed E-state index contributed by atoms with van der Waals surface area (Å²) in [5.41, 5.74) is 2.65. The molecule has 2 aromatic rings. The van der Waals surface area contributed by atoms with Gasteiger partial charge in [0.25, 0.3) is 0 Å². The predicted octanol–water partition coefficient (Wildman–Crippen LogP) is 2.18. The van der Waals surface area contributed by atoms with E-state index in [1.165, 1.54) is 16.5 Å². The molecule has 3 heterocycles. The summed E-state index contributed by atoms with van der Waals surface area (Å²) in [6, 6.07) is 9.49. The minimum absolute atomic E-state index is 0. The maximum absolute atomic E-state index is 5.62. The first-order valence-electron chi connectivity index (χ1n) is 10.1. The van der Waals surface area contributed by atoms with Crippen LogP contribution in [0.1, 0.15) is 5.56 Å². The molecule has 1 unspecified atom stereocenters. The Hall–Kier alpha value is -0.860. The van der Waals surface area contributed by atoms with E-state index >= 15 is 0 Å². The van der Waals surface area contributed by atoms with Crippen LogP contribution in [0.15, 0.2) is 30.5 Å². The number of ether oxygens (including phenoxy) is 2. The summed E-state index contributed by atoms with van der Waals surface area (Å²) >= 11 is 0. The minimum Gasteiger partial charge on any atom is -0.383 e. The van der Waals surface area contributed by atoms with Crippen LogP contribution < -0.4 is 5.32 Å². The van der Waals surface area contributed by atoms with Crippen molar-refractivity contribution in [2.45, 2.75) is 18.5 Å². The molecule has 2 fully saturated rings. The van der Waals surface area contributed by atoms with Crippen LogP contribution in [0.2, 0.25) is 0 Å². The molecule has 0 spiro atoms. The average molecular weight is 445 g/mol. The van der Waals surface area contributed by atoms with E-state index in [0.717, 1.165) is 65.5 Å². The number of halogens is 2. The second kappa shape index (κ2) is 12.1. The Labute approximate surface area is 186 Å². The Morgan fingerprint density at radius 3 is 2.90 bits per heavy atom. The molecule has 2 saturated heterocycles. The van der Waals surface area contributed by atoms with Gasteiger partial charge in [0.15, 0.2) is 0 Å². The number of morpholine rings is 1. The lowest BCUT2D eigenvalue weighted by molar-refractivity contribution is -0.0382. The lowest BCUT2D eigenvalue weighted by Crippen LogP contribution is -2.55. The highest BCUT2D eigenvalue weighted by atomic mass is 35.5. The topological polar surface area (TPSA) is 52.8 Å². The van der Waals surface area contributed by atoms with Gasteiger partial charge in [-0.3, -0.25) is 9.80 Å². The molecule has 2 aliphatic rings. The van der Waals surface area contributed by atoms with E-state index in [9.17, 15) is 0 Å². The van der Waals surface area contributed by atoms with Crippen molar-refractivity contribution in [2.75, 3.05) is 66.2 Å². The van der Waals surface area contributed by atoms with Gasteiger partial charge in [-0.25, -0.2) is 0 Å². The van der Waals surface area contributed by atoms with Crippen LogP contribution in [0.25, 0.3) is 10.9 Å². The van der Waals surface area contributed by atoms with Crippen LogP contribution >= 0.6 is 24.8 Å². The van der Waals surface area contributed by atoms with E-state index in [1.807, 2.05) is 0 Å². The molecule has 8 heteroatoms. The van der Waals surface area contributed by atoms with Gasteiger partial charge in [0.1, 0.15) is 0 Å². The number of aromatic amines is 1. The van der Waals surface area contributed by atoms with E-state index in [1.54, 1.807) is 7.11 Å². The summed E-state index contributed by atoms with van der Waals surface area (Å²) in [6.45, 7) is 8.91. The van der Waals surface area contributed by atoms with E-state index < -0.39 is 0 Å². The second-order valence-electron chi connectivity index (χ2n) is 7.74. The Balaban J connectivity index is 0.00000150. The molecule has 0 bridgehead atoms. The van der Waals surface area contributed by atoms with Gasteiger partial charge in [0, 0.05) is 69.5 Å². The van der Waals surface area contributed by atoms with Crippen molar-refractivity contribution >= 4 is 35.7 Å². The standard InChI is InChI=1S/C21H32N4O2.2ClH/c1-26-15-19-16-27-11-10-25(19)9-8-24-7-6-22-18(14-24)12-17-13-23-21-5-3-2-4-20(17)21;;/h2-5,13,18-19,22-23H,6-12,14-16H2,1H3;2*1H/t18?,19-;;/m1../s1. The lowest BCUT2D eigenvalue weighted by atomic mass is 10.0. The van der Waals surface area contributed by atoms with Crippen LogP contribution in [0.4, 0.5) is 0 Å². The lowest BCUT2D eigenvalue weighted by Gasteiger charge is -2.38. The first-order valence-corrected chi connectivity index (χ1v) is 10.1. The molecule has 0 aliphatic carbocycles. The van der Waals surface area contributed by atoms with Gasteiger partial charge in [-0.2, -0.15) is 0 Å². The number of piperazine rings is 1. The molecule has 2 N–H and O–H groups in total. The molecule has 2 aliphatic heterocycles. The normalized spacial score (nSPS) is 23.5. The molecular weight excluding hydrogens is 411 g/mol. The van der Waals surface area contributed by atoms with Gasteiger partial charge in [-0.15, -0.1) is 24.8 Å². The van der Waals surface area contributed by atoms with Gasteiger partial charge >= 0.3 is 0 Å². The van der Waals surface area contributed by atoms with Gasteiger partial charge in [0.05, 0.1) is 25.9 Å². The number of rotatable bonds is 7. The number of aromatic nitrogens is 1. The first-order chi connectivity index (χ1) is 13.3. The maximum Gasteiger partial charge on any atom is 0.0644 e. The van der Waals surface area contributed by atoms with Crippen LogP contribution in [0.5, 0.6) is 0 Å². The Morgan fingerprint density at radius 2 is 2.03 bits per heavy atom. The van der Waals surface area contributed by atoms with Gasteiger partial charge in [-0.05, 0) is 18.1 Å². The summed E-state index contributed by atoms with van der Waals surface area (Å²) in [5.74, 6) is 0. The first kappa shape index (κ1) is 24.4. The summed E-state index contributed by atoms with van der Waals surface area (Å²) in [5, 5.41) is 5.06. The summed E-state index contributed by atoms with van der Waals surface area (Å²) < 4.78 is 11.0. The van der Waals surface area contributed by atoms with Crippen molar-refractivity contribution in [3.8, 4) is 0 Å². The number of nitrogens with zero attached hydrogens (tertiary/aromatic N) is 2. The van der Waals surface area contributed by atoms with Crippen LogP contribution in [0.3, 0.4) is 0 Å². The number of methoxy groups -OCH3 is 1. The fourth-order valence-corrected chi connectivity index (χ4v) is 4.40. The predicted molar refractivity (Wildman–Crippen MR) is 123 cm³/mol. The second-order valence-corrected chi connectivity index (χ2v) is 7.74. The number of hydrogen-bond donors (Lipinski definition) is 2. The van der Waals surface area contributed by atoms with E-state index in [-0.39, 0.29) is 24.8 Å². The van der Waals surface area contributed by atoms with E-state index in [2.05, 4.69) is 50.6 Å². The Kier molecular flexibility index (Phi) is 10.2. The zero-order chi connectivity index (χ0) is 18.5. The highest BCUT2D eigenvalue weighted by Crippen LogP contribution is 2.20. The maximum atomic E-state index is 5.62. The molecule has 0 radical (unpaired) electrons. The van der Waals surface area contributed by atoms with Crippen LogP contribution in [-0.4, -0.2) is 93.1 Å². The van der Waals surface area contributed by atoms with Gasteiger partial charge in [-0.1, -0.05) is 18.2 Å². The molecule has 0 amide bonds. The number of para-hydroxylation sites is 1. The average Bonchev–Trinajstić information content (AvgIpc) is 3.11. The number of benzene rings is 1. The molecule has 29 heavy (non-hydrogen) atoms. The SMILES string of the molecule is COC[C@@H]1COCCN1CCN1CCNC(Cc2c[nH]c3ccccc23)C1.Cl.Cl. The third-order valence-electron chi connectivity index (χ3n) is 5.89. The summed E-state index contributed by atoms with van der Waals surface area (Å²) in [6.07, 6.45) is 3.25. The van der Waals surface area contributed by atoms with E-state index in [0.29, 0.717) is 12.1 Å². The number of nitrogens with one attached hydrogen (secondary N) is 2. The minimum atomic E-state index is 0. The molecular formula is C21H34Cl2N4O2. The largest absolute Gasteiger partial charge is 0.383 e. The quantitative estimate of drug-likeness (QED) is 0.685. The third kappa shape index (κ3) is 6.31.